The summed E-state index contributed by atoms with van der Waals surface area (Å²) in [6.07, 6.45) is 9.06. The highest BCUT2D eigenvalue weighted by Gasteiger charge is 2.49. The van der Waals surface area contributed by atoms with Gasteiger partial charge in [-0.15, -0.1) is 0 Å². The van der Waals surface area contributed by atoms with Crippen LogP contribution in [0.2, 0.25) is 0 Å². The van der Waals surface area contributed by atoms with E-state index in [1.54, 1.807) is 11.8 Å². The standard InChI is InChI=1S/C21H27N3OS/c1-15-5-7-18(8-6-15)21(25)9-3-4-17-13-24(14-19(17)21)12-16-10-22-20(26-2)23-11-16/h5-8,10-11,17,19,25H,3-4,9,12-14H2,1-2H3/t17-,19-,21+/m0/s1. The van der Waals surface area contributed by atoms with E-state index >= 15 is 0 Å². The topological polar surface area (TPSA) is 49.2 Å². The van der Waals surface area contributed by atoms with Crippen molar-refractivity contribution in [1.29, 1.82) is 0 Å². The Morgan fingerprint density at radius 2 is 1.92 bits per heavy atom. The van der Waals surface area contributed by atoms with E-state index in [-0.39, 0.29) is 0 Å². The minimum Gasteiger partial charge on any atom is -0.385 e. The van der Waals surface area contributed by atoms with Crippen LogP contribution in [0.4, 0.5) is 0 Å². The molecule has 2 aliphatic rings. The molecule has 1 aromatic heterocycles. The van der Waals surface area contributed by atoms with Crippen LogP contribution in [-0.4, -0.2) is 39.3 Å². The number of hydrogen-bond donors (Lipinski definition) is 1. The molecule has 5 heteroatoms. The SMILES string of the molecule is CSc1ncc(CN2C[C@@H]3CCC[C@@](O)(c4ccc(C)cc4)[C@H]3C2)cn1. The maximum Gasteiger partial charge on any atom is 0.187 e. The lowest BCUT2D eigenvalue weighted by Gasteiger charge is -2.41. The van der Waals surface area contributed by atoms with E-state index in [9.17, 15) is 5.11 Å². The molecule has 3 atom stereocenters. The van der Waals surface area contributed by atoms with E-state index in [0.717, 1.165) is 48.8 Å². The summed E-state index contributed by atoms with van der Waals surface area (Å²) in [6.45, 7) is 4.97. The van der Waals surface area contributed by atoms with Gasteiger partial charge in [0, 0.05) is 43.5 Å². The van der Waals surface area contributed by atoms with Crippen LogP contribution in [0, 0.1) is 18.8 Å². The van der Waals surface area contributed by atoms with Crippen LogP contribution in [0.25, 0.3) is 0 Å². The van der Waals surface area contributed by atoms with Crippen molar-refractivity contribution in [2.45, 2.75) is 43.5 Å². The molecule has 0 unspecified atom stereocenters. The Morgan fingerprint density at radius 1 is 1.19 bits per heavy atom. The average Bonchev–Trinajstić information content (AvgIpc) is 3.07. The zero-order chi connectivity index (χ0) is 18.1. The average molecular weight is 370 g/mol. The molecule has 1 aliphatic heterocycles. The van der Waals surface area contributed by atoms with Crippen molar-refractivity contribution in [3.05, 3.63) is 53.3 Å². The summed E-state index contributed by atoms with van der Waals surface area (Å²) in [6, 6.07) is 8.48. The fourth-order valence-electron chi connectivity index (χ4n) is 4.73. The first-order valence-electron chi connectivity index (χ1n) is 9.45. The van der Waals surface area contributed by atoms with Crippen molar-refractivity contribution in [3.8, 4) is 0 Å². The number of benzene rings is 1. The zero-order valence-corrected chi connectivity index (χ0v) is 16.4. The third-order valence-electron chi connectivity index (χ3n) is 6.08. The molecule has 1 saturated carbocycles. The molecule has 26 heavy (non-hydrogen) atoms. The van der Waals surface area contributed by atoms with Gasteiger partial charge in [-0.05, 0) is 43.9 Å². The predicted octanol–water partition coefficient (Wildman–Crippen LogP) is 3.63. The van der Waals surface area contributed by atoms with Gasteiger partial charge >= 0.3 is 0 Å². The number of aromatic nitrogens is 2. The fourth-order valence-corrected chi connectivity index (χ4v) is 5.05. The van der Waals surface area contributed by atoms with Gasteiger partial charge in [0.05, 0.1) is 5.60 Å². The normalized spacial score (nSPS) is 28.9. The van der Waals surface area contributed by atoms with Crippen molar-refractivity contribution < 1.29 is 5.11 Å². The number of likely N-dealkylation sites (tertiary alicyclic amines) is 1. The van der Waals surface area contributed by atoms with E-state index in [2.05, 4.69) is 46.1 Å². The largest absolute Gasteiger partial charge is 0.385 e. The molecule has 2 fully saturated rings. The van der Waals surface area contributed by atoms with Gasteiger partial charge in [0.15, 0.2) is 5.16 Å². The molecular weight excluding hydrogens is 342 g/mol. The molecule has 0 radical (unpaired) electrons. The second-order valence-electron chi connectivity index (χ2n) is 7.82. The zero-order valence-electron chi connectivity index (χ0n) is 15.6. The fraction of sp³-hybridized carbons (Fsp3) is 0.524. The van der Waals surface area contributed by atoms with Crippen LogP contribution in [0.3, 0.4) is 0 Å². The van der Waals surface area contributed by atoms with Gasteiger partial charge in [-0.1, -0.05) is 41.6 Å². The maximum absolute atomic E-state index is 11.6. The van der Waals surface area contributed by atoms with Crippen LogP contribution < -0.4 is 0 Å². The maximum atomic E-state index is 11.6. The highest BCUT2D eigenvalue weighted by atomic mass is 32.2. The van der Waals surface area contributed by atoms with Gasteiger partial charge in [-0.3, -0.25) is 4.90 Å². The lowest BCUT2D eigenvalue weighted by Crippen LogP contribution is -2.42. The minimum absolute atomic E-state index is 0.311. The third kappa shape index (κ3) is 3.40. The van der Waals surface area contributed by atoms with Crippen LogP contribution in [0.5, 0.6) is 0 Å². The number of nitrogens with zero attached hydrogens (tertiary/aromatic N) is 3. The summed E-state index contributed by atoms with van der Waals surface area (Å²) in [4.78, 5) is 11.2. The lowest BCUT2D eigenvalue weighted by atomic mass is 9.67. The number of rotatable bonds is 4. The molecule has 2 heterocycles. The van der Waals surface area contributed by atoms with E-state index in [1.807, 2.05) is 18.6 Å². The number of fused-ring (bicyclic) bond motifs is 1. The molecule has 0 spiro atoms. The molecule has 1 N–H and O–H groups in total. The highest BCUT2D eigenvalue weighted by Crippen LogP contribution is 2.48. The molecule has 0 bridgehead atoms. The summed E-state index contributed by atoms with van der Waals surface area (Å²) in [5.74, 6) is 0.881. The predicted molar refractivity (Wildman–Crippen MR) is 105 cm³/mol. The molecule has 2 aromatic rings. The van der Waals surface area contributed by atoms with Gasteiger partial charge in [0.25, 0.3) is 0 Å². The van der Waals surface area contributed by atoms with Crippen LogP contribution >= 0.6 is 11.8 Å². The van der Waals surface area contributed by atoms with Gasteiger partial charge in [-0.25, -0.2) is 9.97 Å². The Balaban J connectivity index is 1.51. The second kappa shape index (κ2) is 7.29. The van der Waals surface area contributed by atoms with E-state index in [4.69, 9.17) is 0 Å². The molecule has 1 aromatic carbocycles. The first kappa shape index (κ1) is 18.0. The van der Waals surface area contributed by atoms with E-state index in [1.165, 1.54) is 12.0 Å². The monoisotopic (exact) mass is 369 g/mol. The van der Waals surface area contributed by atoms with Gasteiger partial charge < -0.3 is 5.11 Å². The summed E-state index contributed by atoms with van der Waals surface area (Å²) < 4.78 is 0. The Labute approximate surface area is 160 Å². The van der Waals surface area contributed by atoms with Gasteiger partial charge in [-0.2, -0.15) is 0 Å². The van der Waals surface area contributed by atoms with Gasteiger partial charge in [0.2, 0.25) is 0 Å². The molecule has 1 aliphatic carbocycles. The number of thioether (sulfide) groups is 1. The first-order chi connectivity index (χ1) is 12.6. The summed E-state index contributed by atoms with van der Waals surface area (Å²) in [5, 5.41) is 12.4. The highest BCUT2D eigenvalue weighted by molar-refractivity contribution is 7.98. The third-order valence-corrected chi connectivity index (χ3v) is 6.66. The van der Waals surface area contributed by atoms with Crippen LogP contribution in [-0.2, 0) is 12.1 Å². The molecule has 1 saturated heterocycles. The van der Waals surface area contributed by atoms with Crippen molar-refractivity contribution in [3.63, 3.8) is 0 Å². The Morgan fingerprint density at radius 3 is 2.62 bits per heavy atom. The summed E-state index contributed by atoms with van der Waals surface area (Å²) >= 11 is 1.57. The van der Waals surface area contributed by atoms with E-state index in [0.29, 0.717) is 11.8 Å². The number of aliphatic hydroxyl groups is 1. The van der Waals surface area contributed by atoms with Crippen LogP contribution in [0.1, 0.15) is 36.0 Å². The second-order valence-corrected chi connectivity index (χ2v) is 8.59. The van der Waals surface area contributed by atoms with Gasteiger partial charge in [0.1, 0.15) is 0 Å². The van der Waals surface area contributed by atoms with Crippen LogP contribution in [0.15, 0.2) is 41.8 Å². The van der Waals surface area contributed by atoms with Crippen molar-refractivity contribution in [2.75, 3.05) is 19.3 Å². The smallest absolute Gasteiger partial charge is 0.187 e. The van der Waals surface area contributed by atoms with Crippen molar-refractivity contribution >= 4 is 11.8 Å². The van der Waals surface area contributed by atoms with Crippen molar-refractivity contribution in [1.82, 2.24) is 14.9 Å². The van der Waals surface area contributed by atoms with Crippen molar-refractivity contribution in [2.24, 2.45) is 11.8 Å². The minimum atomic E-state index is -0.690. The lowest BCUT2D eigenvalue weighted by molar-refractivity contribution is -0.0648. The van der Waals surface area contributed by atoms with E-state index < -0.39 is 5.60 Å². The molecule has 4 nitrogen and oxygen atoms in total. The number of hydrogen-bond acceptors (Lipinski definition) is 5. The Hall–Kier alpha value is -1.43. The Kier molecular flexibility index (Phi) is 5.04. The molecular formula is C21H27N3OS. The summed E-state index contributed by atoms with van der Waals surface area (Å²) in [7, 11) is 0. The first-order valence-corrected chi connectivity index (χ1v) is 10.7. The summed E-state index contributed by atoms with van der Waals surface area (Å²) in [5.41, 5.74) is 2.80. The molecule has 138 valence electrons. The number of aryl methyl sites for hydroxylation is 1. The molecule has 4 rings (SSSR count). The quantitative estimate of drug-likeness (QED) is 0.659. The Bertz CT molecular complexity index is 749. The molecule has 0 amide bonds.